The highest BCUT2D eigenvalue weighted by Gasteiger charge is 2.13. The van der Waals surface area contributed by atoms with Crippen LogP contribution in [0.25, 0.3) is 22.0 Å². The molecule has 2 aromatic carbocycles. The average molecular weight is 307 g/mol. The van der Waals surface area contributed by atoms with E-state index in [0.29, 0.717) is 10.9 Å². The maximum Gasteiger partial charge on any atom is 0.325 e. The smallest absolute Gasteiger partial charge is 0.325 e. The third-order valence-corrected chi connectivity index (χ3v) is 3.85. The van der Waals surface area contributed by atoms with Gasteiger partial charge in [-0.25, -0.2) is 0 Å². The molecule has 0 unspecified atom stereocenters. The predicted molar refractivity (Wildman–Crippen MR) is 90.4 cm³/mol. The number of pyridine rings is 1. The van der Waals surface area contributed by atoms with Crippen LogP contribution in [0.2, 0.25) is 0 Å². The summed E-state index contributed by atoms with van der Waals surface area (Å²) >= 11 is 0. The molecular formula is C19H17NO3. The largest absolute Gasteiger partial charge is 0.468 e. The normalized spacial score (nSPS) is 10.7. The van der Waals surface area contributed by atoms with Gasteiger partial charge in [-0.05, 0) is 30.2 Å². The minimum absolute atomic E-state index is 0.0349. The highest BCUT2D eigenvalue weighted by atomic mass is 16.5. The second-order valence-corrected chi connectivity index (χ2v) is 5.46. The third kappa shape index (κ3) is 2.88. The molecule has 0 fully saturated rings. The van der Waals surface area contributed by atoms with Gasteiger partial charge in [0.25, 0.3) is 0 Å². The van der Waals surface area contributed by atoms with Crippen LogP contribution in [0.5, 0.6) is 0 Å². The molecule has 0 atom stereocenters. The minimum atomic E-state index is -0.351. The van der Waals surface area contributed by atoms with Gasteiger partial charge in [-0.3, -0.25) is 9.59 Å². The SMILES string of the molecule is COC(=O)Cn1cc(-c2ccccc2)c(=O)c2ccc(C)cc21. The summed E-state index contributed by atoms with van der Waals surface area (Å²) in [6.07, 6.45) is 1.73. The summed E-state index contributed by atoms with van der Waals surface area (Å²) < 4.78 is 6.55. The Balaban J connectivity index is 2.31. The molecule has 0 saturated heterocycles. The summed E-state index contributed by atoms with van der Waals surface area (Å²) in [5.74, 6) is -0.351. The highest BCUT2D eigenvalue weighted by Crippen LogP contribution is 2.20. The zero-order chi connectivity index (χ0) is 16.4. The van der Waals surface area contributed by atoms with Crippen molar-refractivity contribution in [2.24, 2.45) is 0 Å². The Kier molecular flexibility index (Phi) is 3.98. The molecule has 0 aliphatic heterocycles. The van der Waals surface area contributed by atoms with Gasteiger partial charge in [0, 0.05) is 17.1 Å². The summed E-state index contributed by atoms with van der Waals surface area (Å²) in [7, 11) is 1.36. The number of methoxy groups -OCH3 is 1. The van der Waals surface area contributed by atoms with Crippen molar-refractivity contribution in [3.8, 4) is 11.1 Å². The fourth-order valence-electron chi connectivity index (χ4n) is 2.66. The number of rotatable bonds is 3. The second-order valence-electron chi connectivity index (χ2n) is 5.46. The molecule has 0 aliphatic rings. The molecule has 4 heteroatoms. The molecule has 116 valence electrons. The third-order valence-electron chi connectivity index (χ3n) is 3.85. The molecule has 0 saturated carbocycles. The Hall–Kier alpha value is -2.88. The van der Waals surface area contributed by atoms with Crippen LogP contribution in [0, 0.1) is 6.92 Å². The van der Waals surface area contributed by atoms with Crippen LogP contribution in [-0.2, 0) is 16.1 Å². The molecule has 0 bridgehead atoms. The lowest BCUT2D eigenvalue weighted by Gasteiger charge is -2.13. The van der Waals surface area contributed by atoms with Crippen LogP contribution in [0.1, 0.15) is 5.56 Å². The Morgan fingerprint density at radius 3 is 2.57 bits per heavy atom. The highest BCUT2D eigenvalue weighted by molar-refractivity contribution is 5.85. The molecule has 0 N–H and O–H groups in total. The first kappa shape index (κ1) is 15.0. The number of fused-ring (bicyclic) bond motifs is 1. The molecule has 3 rings (SSSR count). The molecule has 1 aromatic heterocycles. The van der Waals surface area contributed by atoms with E-state index in [1.807, 2.05) is 55.5 Å². The lowest BCUT2D eigenvalue weighted by atomic mass is 10.0. The number of nitrogens with zero attached hydrogens (tertiary/aromatic N) is 1. The molecule has 0 amide bonds. The van der Waals surface area contributed by atoms with Crippen molar-refractivity contribution in [2.45, 2.75) is 13.5 Å². The number of aromatic nitrogens is 1. The summed E-state index contributed by atoms with van der Waals surface area (Å²) in [5.41, 5.74) is 3.14. The van der Waals surface area contributed by atoms with Crippen molar-refractivity contribution in [1.82, 2.24) is 4.57 Å². The zero-order valence-corrected chi connectivity index (χ0v) is 13.1. The lowest BCUT2D eigenvalue weighted by molar-refractivity contribution is -0.141. The Labute approximate surface area is 133 Å². The topological polar surface area (TPSA) is 48.3 Å². The standard InChI is InChI=1S/C19H17NO3/c1-13-8-9-15-17(10-13)20(12-18(21)23-2)11-16(19(15)22)14-6-4-3-5-7-14/h3-11H,12H2,1-2H3. The van der Waals surface area contributed by atoms with Crippen molar-refractivity contribution >= 4 is 16.9 Å². The van der Waals surface area contributed by atoms with Crippen molar-refractivity contribution in [2.75, 3.05) is 7.11 Å². The Bertz CT molecular complexity index is 926. The van der Waals surface area contributed by atoms with E-state index in [4.69, 9.17) is 4.74 Å². The van der Waals surface area contributed by atoms with Crippen LogP contribution in [-0.4, -0.2) is 17.6 Å². The summed E-state index contributed by atoms with van der Waals surface area (Å²) in [4.78, 5) is 24.5. The number of carbonyl (C=O) groups excluding carboxylic acids is 1. The summed E-state index contributed by atoms with van der Waals surface area (Å²) in [5, 5.41) is 0.598. The van der Waals surface area contributed by atoms with Gasteiger partial charge in [-0.15, -0.1) is 0 Å². The first-order chi connectivity index (χ1) is 11.1. The monoisotopic (exact) mass is 307 g/mol. The molecule has 0 radical (unpaired) electrons. The molecule has 23 heavy (non-hydrogen) atoms. The summed E-state index contributed by atoms with van der Waals surface area (Å²) in [6.45, 7) is 2.02. The van der Waals surface area contributed by atoms with Crippen molar-refractivity contribution in [3.63, 3.8) is 0 Å². The average Bonchev–Trinajstić information content (AvgIpc) is 2.57. The van der Waals surface area contributed by atoms with Crippen LogP contribution in [0.3, 0.4) is 0 Å². The van der Waals surface area contributed by atoms with Crippen LogP contribution in [0.15, 0.2) is 59.5 Å². The van der Waals surface area contributed by atoms with Gasteiger partial charge >= 0.3 is 5.97 Å². The molecule has 0 aliphatic carbocycles. The van der Waals surface area contributed by atoms with Crippen molar-refractivity contribution in [3.05, 3.63) is 70.5 Å². The number of carbonyl (C=O) groups is 1. The number of esters is 1. The van der Waals surface area contributed by atoms with Gasteiger partial charge in [0.15, 0.2) is 5.43 Å². The molecule has 3 aromatic rings. The minimum Gasteiger partial charge on any atom is -0.468 e. The molecule has 0 spiro atoms. The number of benzene rings is 2. The van der Waals surface area contributed by atoms with Gasteiger partial charge in [-0.2, -0.15) is 0 Å². The lowest BCUT2D eigenvalue weighted by Crippen LogP contribution is -2.17. The van der Waals surface area contributed by atoms with E-state index < -0.39 is 0 Å². The number of hydrogen-bond donors (Lipinski definition) is 0. The van der Waals surface area contributed by atoms with Crippen LogP contribution < -0.4 is 5.43 Å². The van der Waals surface area contributed by atoms with E-state index in [9.17, 15) is 9.59 Å². The van der Waals surface area contributed by atoms with Gasteiger partial charge in [-0.1, -0.05) is 36.4 Å². The maximum absolute atomic E-state index is 12.8. The van der Waals surface area contributed by atoms with Crippen molar-refractivity contribution < 1.29 is 9.53 Å². The van der Waals surface area contributed by atoms with Gasteiger partial charge in [0.05, 0.1) is 12.6 Å². The van der Waals surface area contributed by atoms with Gasteiger partial charge in [0.1, 0.15) is 6.54 Å². The maximum atomic E-state index is 12.8. The number of ether oxygens (including phenoxy) is 1. The quantitative estimate of drug-likeness (QED) is 0.698. The van der Waals surface area contributed by atoms with Gasteiger partial charge < -0.3 is 9.30 Å². The van der Waals surface area contributed by atoms with Crippen LogP contribution in [0.4, 0.5) is 0 Å². The van der Waals surface area contributed by atoms with E-state index in [1.54, 1.807) is 10.8 Å². The van der Waals surface area contributed by atoms with E-state index in [0.717, 1.165) is 16.6 Å². The number of hydrogen-bond acceptors (Lipinski definition) is 3. The molecule has 1 heterocycles. The van der Waals surface area contributed by atoms with Crippen molar-refractivity contribution in [1.29, 1.82) is 0 Å². The molecule has 4 nitrogen and oxygen atoms in total. The second kappa shape index (κ2) is 6.08. The molecular weight excluding hydrogens is 290 g/mol. The summed E-state index contributed by atoms with van der Waals surface area (Å²) in [6, 6.07) is 15.1. The fraction of sp³-hybridized carbons (Fsp3) is 0.158. The Morgan fingerprint density at radius 1 is 1.13 bits per heavy atom. The van der Waals surface area contributed by atoms with Gasteiger partial charge in [0.2, 0.25) is 0 Å². The first-order valence-corrected chi connectivity index (χ1v) is 7.36. The van der Waals surface area contributed by atoms with E-state index in [-0.39, 0.29) is 17.9 Å². The first-order valence-electron chi connectivity index (χ1n) is 7.36. The predicted octanol–water partition coefficient (Wildman–Crippen LogP) is 3.15. The van der Waals surface area contributed by atoms with Crippen LogP contribution >= 0.6 is 0 Å². The van der Waals surface area contributed by atoms with E-state index in [1.165, 1.54) is 7.11 Å². The zero-order valence-electron chi connectivity index (χ0n) is 13.1. The number of aryl methyl sites for hydroxylation is 1. The van der Waals surface area contributed by atoms with E-state index in [2.05, 4.69) is 0 Å². The Morgan fingerprint density at radius 2 is 1.87 bits per heavy atom. The van der Waals surface area contributed by atoms with E-state index >= 15 is 0 Å². The fourth-order valence-corrected chi connectivity index (χ4v) is 2.66.